The van der Waals surface area contributed by atoms with E-state index in [0.29, 0.717) is 18.8 Å². The summed E-state index contributed by atoms with van der Waals surface area (Å²) in [5.41, 5.74) is 1.47. The van der Waals surface area contributed by atoms with Crippen molar-refractivity contribution in [3.8, 4) is 0 Å². The number of nitrogens with zero attached hydrogens (tertiary/aromatic N) is 2. The minimum Gasteiger partial charge on any atom is -0.371 e. The summed E-state index contributed by atoms with van der Waals surface area (Å²) in [6, 6.07) is 7.25. The number of nitrogens with one attached hydrogen (secondary N) is 1. The molecule has 3 rings (SSSR count). The highest BCUT2D eigenvalue weighted by Crippen LogP contribution is 2.33. The van der Waals surface area contributed by atoms with Crippen LogP contribution in [0.5, 0.6) is 0 Å². The van der Waals surface area contributed by atoms with E-state index in [1.165, 1.54) is 0 Å². The van der Waals surface area contributed by atoms with Crippen molar-refractivity contribution < 1.29 is 9.59 Å². The maximum atomic E-state index is 11.6. The molecule has 5 nitrogen and oxygen atoms in total. The summed E-state index contributed by atoms with van der Waals surface area (Å²) < 4.78 is 0. The van der Waals surface area contributed by atoms with E-state index in [2.05, 4.69) is 10.2 Å². The van der Waals surface area contributed by atoms with Crippen molar-refractivity contribution in [2.24, 2.45) is 11.8 Å². The van der Waals surface area contributed by atoms with Crippen LogP contribution in [-0.2, 0) is 9.59 Å². The predicted octanol–water partition coefficient (Wildman–Crippen LogP) is 0.946. The molecular formula is C13H11N3O2. The number of carbonyl (C=O) groups is 2. The molecule has 0 bridgehead atoms. The second-order valence-corrected chi connectivity index (χ2v) is 4.60. The minimum atomic E-state index is -0.242. The Bertz CT molecular complexity index is 554. The Hall–Kier alpha value is -2.35. The van der Waals surface area contributed by atoms with Crippen LogP contribution in [0.4, 0.5) is 11.4 Å². The van der Waals surface area contributed by atoms with Crippen LogP contribution in [-0.4, -0.2) is 24.9 Å². The first kappa shape index (κ1) is 10.8. The fourth-order valence-electron chi connectivity index (χ4n) is 2.61. The molecule has 1 N–H and O–H groups in total. The summed E-state index contributed by atoms with van der Waals surface area (Å²) in [7, 11) is 0. The molecule has 90 valence electrons. The molecule has 2 heterocycles. The molecule has 0 aliphatic carbocycles. The normalized spacial score (nSPS) is 25.8. The predicted molar refractivity (Wildman–Crippen MR) is 65.0 cm³/mol. The molecule has 0 unspecified atom stereocenters. The zero-order chi connectivity index (χ0) is 12.7. The lowest BCUT2D eigenvalue weighted by Gasteiger charge is -2.19. The molecular weight excluding hydrogens is 230 g/mol. The molecule has 0 saturated carbocycles. The van der Waals surface area contributed by atoms with Crippen molar-refractivity contribution in [3.05, 3.63) is 35.7 Å². The van der Waals surface area contributed by atoms with Gasteiger partial charge in [-0.1, -0.05) is 12.1 Å². The van der Waals surface area contributed by atoms with Gasteiger partial charge in [0.1, 0.15) is 0 Å². The summed E-state index contributed by atoms with van der Waals surface area (Å²) in [5, 5.41) is 2.36. The minimum absolute atomic E-state index is 0.172. The molecule has 18 heavy (non-hydrogen) atoms. The second kappa shape index (κ2) is 3.84. The van der Waals surface area contributed by atoms with Gasteiger partial charge in [0.05, 0.1) is 18.4 Å². The van der Waals surface area contributed by atoms with E-state index in [-0.39, 0.29) is 23.7 Å². The van der Waals surface area contributed by atoms with E-state index >= 15 is 0 Å². The highest BCUT2D eigenvalue weighted by Gasteiger charge is 2.47. The average molecular weight is 241 g/mol. The number of hydrogen-bond donors (Lipinski definition) is 1. The molecule has 2 aliphatic rings. The van der Waals surface area contributed by atoms with Crippen LogP contribution in [0.15, 0.2) is 24.3 Å². The standard InChI is InChI=1S/C13H11N3O2/c1-14-8-3-2-4-9(5-8)16-6-10-11(7-16)13(18)15-12(10)17/h2-5,10-11H,6-7H2,(H,15,17,18)/t10-,11+. The van der Waals surface area contributed by atoms with Crippen molar-refractivity contribution in [2.45, 2.75) is 0 Å². The first-order valence-corrected chi connectivity index (χ1v) is 5.76. The Kier molecular flexibility index (Phi) is 2.30. The number of fused-ring (bicyclic) bond motifs is 1. The molecule has 0 spiro atoms. The number of hydrogen-bond acceptors (Lipinski definition) is 3. The van der Waals surface area contributed by atoms with Gasteiger partial charge in [0.15, 0.2) is 5.69 Å². The number of rotatable bonds is 1. The van der Waals surface area contributed by atoms with Crippen LogP contribution in [0.1, 0.15) is 0 Å². The third-order valence-electron chi connectivity index (χ3n) is 3.56. The Morgan fingerprint density at radius 2 is 1.89 bits per heavy atom. The Morgan fingerprint density at radius 1 is 1.22 bits per heavy atom. The van der Waals surface area contributed by atoms with Crippen LogP contribution >= 0.6 is 0 Å². The number of anilines is 1. The van der Waals surface area contributed by atoms with E-state index in [1.54, 1.807) is 12.1 Å². The van der Waals surface area contributed by atoms with Gasteiger partial charge in [0.25, 0.3) is 0 Å². The first-order chi connectivity index (χ1) is 8.69. The fourth-order valence-corrected chi connectivity index (χ4v) is 2.61. The van der Waals surface area contributed by atoms with Crippen molar-refractivity contribution >= 4 is 23.2 Å². The first-order valence-electron chi connectivity index (χ1n) is 5.76. The largest absolute Gasteiger partial charge is 0.371 e. The molecule has 1 aromatic carbocycles. The van der Waals surface area contributed by atoms with Gasteiger partial charge in [-0.05, 0) is 12.1 Å². The van der Waals surface area contributed by atoms with Gasteiger partial charge in [0.2, 0.25) is 11.8 Å². The summed E-state index contributed by atoms with van der Waals surface area (Å²) in [4.78, 5) is 28.5. The lowest BCUT2D eigenvalue weighted by atomic mass is 10.00. The second-order valence-electron chi connectivity index (χ2n) is 4.60. The Labute approximate surface area is 104 Å². The number of benzene rings is 1. The van der Waals surface area contributed by atoms with Gasteiger partial charge in [-0.2, -0.15) is 0 Å². The van der Waals surface area contributed by atoms with E-state index in [9.17, 15) is 9.59 Å². The van der Waals surface area contributed by atoms with Crippen molar-refractivity contribution in [3.63, 3.8) is 0 Å². The molecule has 1 aromatic rings. The quantitative estimate of drug-likeness (QED) is 0.588. The van der Waals surface area contributed by atoms with Crippen LogP contribution in [0.3, 0.4) is 0 Å². The molecule has 2 amide bonds. The summed E-state index contributed by atoms with van der Waals surface area (Å²) >= 11 is 0. The van der Waals surface area contributed by atoms with Gasteiger partial charge in [-0.15, -0.1) is 0 Å². The molecule has 2 fully saturated rings. The fraction of sp³-hybridized carbons (Fsp3) is 0.308. The highest BCUT2D eigenvalue weighted by atomic mass is 16.2. The third-order valence-corrected chi connectivity index (χ3v) is 3.56. The zero-order valence-corrected chi connectivity index (χ0v) is 9.59. The maximum Gasteiger partial charge on any atom is 0.232 e. The lowest BCUT2D eigenvalue weighted by Crippen LogP contribution is -2.31. The van der Waals surface area contributed by atoms with Crippen LogP contribution < -0.4 is 10.2 Å². The van der Waals surface area contributed by atoms with Gasteiger partial charge in [-0.3, -0.25) is 14.9 Å². The van der Waals surface area contributed by atoms with Gasteiger partial charge in [0, 0.05) is 18.8 Å². The number of imide groups is 1. The van der Waals surface area contributed by atoms with E-state index in [4.69, 9.17) is 6.57 Å². The maximum absolute atomic E-state index is 11.6. The van der Waals surface area contributed by atoms with Crippen LogP contribution in [0.2, 0.25) is 0 Å². The molecule has 2 aliphatic heterocycles. The van der Waals surface area contributed by atoms with Crippen molar-refractivity contribution in [1.82, 2.24) is 5.32 Å². The lowest BCUT2D eigenvalue weighted by molar-refractivity contribution is -0.126. The van der Waals surface area contributed by atoms with Gasteiger partial charge in [-0.25, -0.2) is 4.85 Å². The zero-order valence-electron chi connectivity index (χ0n) is 9.59. The summed E-state index contributed by atoms with van der Waals surface area (Å²) in [6.07, 6.45) is 0. The Balaban J connectivity index is 1.86. The Morgan fingerprint density at radius 3 is 2.50 bits per heavy atom. The van der Waals surface area contributed by atoms with Gasteiger partial charge >= 0.3 is 0 Å². The molecule has 0 aromatic heterocycles. The van der Waals surface area contributed by atoms with E-state index in [0.717, 1.165) is 5.69 Å². The molecule has 0 radical (unpaired) electrons. The molecule has 5 heteroatoms. The summed E-state index contributed by atoms with van der Waals surface area (Å²) in [6.45, 7) is 8.08. The average Bonchev–Trinajstić information content (AvgIpc) is 2.93. The SMILES string of the molecule is [C-]#[N+]c1cccc(N2C[C@@H]3C(=O)NC(=O)[C@@H]3C2)c1. The smallest absolute Gasteiger partial charge is 0.232 e. The number of carbonyl (C=O) groups excluding carboxylic acids is 2. The monoisotopic (exact) mass is 241 g/mol. The van der Waals surface area contributed by atoms with Crippen LogP contribution in [0, 0.1) is 18.4 Å². The third kappa shape index (κ3) is 1.54. The summed E-state index contributed by atoms with van der Waals surface area (Å²) in [5.74, 6) is -0.828. The highest BCUT2D eigenvalue weighted by molar-refractivity contribution is 6.06. The van der Waals surface area contributed by atoms with Crippen molar-refractivity contribution in [2.75, 3.05) is 18.0 Å². The number of amides is 2. The molecule has 2 saturated heterocycles. The van der Waals surface area contributed by atoms with E-state index < -0.39 is 0 Å². The van der Waals surface area contributed by atoms with Crippen molar-refractivity contribution in [1.29, 1.82) is 0 Å². The molecule has 2 atom stereocenters. The topological polar surface area (TPSA) is 53.8 Å². The van der Waals surface area contributed by atoms with Crippen LogP contribution in [0.25, 0.3) is 4.85 Å². The van der Waals surface area contributed by atoms with Gasteiger partial charge < -0.3 is 4.90 Å². The van der Waals surface area contributed by atoms with E-state index in [1.807, 2.05) is 17.0 Å².